The van der Waals surface area contributed by atoms with E-state index in [1.165, 1.54) is 0 Å². The SMILES string of the molecule is CCC(O)CCNCCn1ccccc1=O. The summed E-state index contributed by atoms with van der Waals surface area (Å²) in [5.74, 6) is 0. The van der Waals surface area contributed by atoms with Crippen LogP contribution < -0.4 is 10.9 Å². The lowest BCUT2D eigenvalue weighted by Gasteiger charge is -2.09. The molecule has 2 N–H and O–H groups in total. The van der Waals surface area contributed by atoms with Crippen molar-refractivity contribution in [3.63, 3.8) is 0 Å². The Bertz CT molecular complexity index is 349. The zero-order valence-corrected chi connectivity index (χ0v) is 9.72. The summed E-state index contributed by atoms with van der Waals surface area (Å²) in [4.78, 5) is 11.3. The highest BCUT2D eigenvalue weighted by molar-refractivity contribution is 4.93. The van der Waals surface area contributed by atoms with Crippen LogP contribution in [-0.2, 0) is 6.54 Å². The topological polar surface area (TPSA) is 54.3 Å². The van der Waals surface area contributed by atoms with Crippen molar-refractivity contribution >= 4 is 0 Å². The van der Waals surface area contributed by atoms with E-state index in [4.69, 9.17) is 0 Å². The van der Waals surface area contributed by atoms with Gasteiger partial charge >= 0.3 is 0 Å². The van der Waals surface area contributed by atoms with E-state index in [1.54, 1.807) is 22.9 Å². The zero-order valence-electron chi connectivity index (χ0n) is 9.72. The average Bonchev–Trinajstić information content (AvgIpc) is 2.30. The molecule has 0 aliphatic rings. The number of nitrogens with one attached hydrogen (secondary N) is 1. The van der Waals surface area contributed by atoms with Gasteiger partial charge in [0, 0.05) is 25.4 Å². The molecule has 1 unspecified atom stereocenters. The molecule has 4 heteroatoms. The molecule has 4 nitrogen and oxygen atoms in total. The fourth-order valence-electron chi connectivity index (χ4n) is 1.44. The van der Waals surface area contributed by atoms with E-state index < -0.39 is 0 Å². The van der Waals surface area contributed by atoms with Crippen LogP contribution in [0.3, 0.4) is 0 Å². The molecule has 0 fully saturated rings. The number of hydrogen-bond donors (Lipinski definition) is 2. The van der Waals surface area contributed by atoms with Gasteiger partial charge in [0.15, 0.2) is 0 Å². The minimum absolute atomic E-state index is 0.0258. The van der Waals surface area contributed by atoms with Crippen LogP contribution in [0.4, 0.5) is 0 Å². The maximum atomic E-state index is 11.3. The Labute approximate surface area is 95.9 Å². The van der Waals surface area contributed by atoms with Gasteiger partial charge in [-0.15, -0.1) is 0 Å². The lowest BCUT2D eigenvalue weighted by atomic mass is 10.2. The largest absolute Gasteiger partial charge is 0.393 e. The molecule has 0 radical (unpaired) electrons. The number of hydrogen-bond acceptors (Lipinski definition) is 3. The maximum absolute atomic E-state index is 11.3. The summed E-state index contributed by atoms with van der Waals surface area (Å²) in [5.41, 5.74) is 0.0258. The third kappa shape index (κ3) is 4.59. The van der Waals surface area contributed by atoms with Crippen LogP contribution in [0.1, 0.15) is 19.8 Å². The number of pyridine rings is 1. The summed E-state index contributed by atoms with van der Waals surface area (Å²) in [6, 6.07) is 5.15. The van der Waals surface area contributed by atoms with Crippen molar-refractivity contribution in [3.05, 3.63) is 34.7 Å². The molecule has 0 bridgehead atoms. The van der Waals surface area contributed by atoms with Crippen molar-refractivity contribution in [2.45, 2.75) is 32.4 Å². The molecular weight excluding hydrogens is 204 g/mol. The van der Waals surface area contributed by atoms with Crippen LogP contribution >= 0.6 is 0 Å². The highest BCUT2D eigenvalue weighted by Crippen LogP contribution is 1.93. The van der Waals surface area contributed by atoms with Crippen LogP contribution in [0, 0.1) is 0 Å². The third-order valence-corrected chi connectivity index (χ3v) is 2.55. The van der Waals surface area contributed by atoms with Gasteiger partial charge in [-0.3, -0.25) is 4.79 Å². The molecule has 1 aromatic rings. The fraction of sp³-hybridized carbons (Fsp3) is 0.583. The van der Waals surface area contributed by atoms with Crippen LogP contribution in [0.5, 0.6) is 0 Å². The zero-order chi connectivity index (χ0) is 11.8. The molecule has 0 spiro atoms. The van der Waals surface area contributed by atoms with Gasteiger partial charge in [0.2, 0.25) is 0 Å². The van der Waals surface area contributed by atoms with Crippen molar-refractivity contribution in [1.82, 2.24) is 9.88 Å². The predicted molar refractivity (Wildman–Crippen MR) is 64.5 cm³/mol. The Kier molecular flexibility index (Phi) is 5.82. The van der Waals surface area contributed by atoms with E-state index in [1.807, 2.05) is 13.0 Å². The average molecular weight is 224 g/mol. The highest BCUT2D eigenvalue weighted by Gasteiger charge is 1.99. The van der Waals surface area contributed by atoms with Crippen LogP contribution in [0.2, 0.25) is 0 Å². The maximum Gasteiger partial charge on any atom is 0.250 e. The lowest BCUT2D eigenvalue weighted by molar-refractivity contribution is 0.160. The molecule has 0 amide bonds. The molecule has 16 heavy (non-hydrogen) atoms. The van der Waals surface area contributed by atoms with Crippen molar-refractivity contribution in [3.8, 4) is 0 Å². The molecule has 0 aliphatic carbocycles. The lowest BCUT2D eigenvalue weighted by Crippen LogP contribution is -2.27. The summed E-state index contributed by atoms with van der Waals surface area (Å²) >= 11 is 0. The molecule has 1 heterocycles. The number of aliphatic hydroxyl groups is 1. The van der Waals surface area contributed by atoms with Crippen molar-refractivity contribution in [2.75, 3.05) is 13.1 Å². The normalized spacial score (nSPS) is 12.6. The van der Waals surface area contributed by atoms with Gasteiger partial charge in [0.05, 0.1) is 6.10 Å². The minimum atomic E-state index is -0.216. The summed E-state index contributed by atoms with van der Waals surface area (Å²) in [6.07, 6.45) is 3.12. The smallest absolute Gasteiger partial charge is 0.250 e. The second-order valence-electron chi connectivity index (χ2n) is 3.83. The van der Waals surface area contributed by atoms with Crippen LogP contribution in [-0.4, -0.2) is 28.9 Å². The molecule has 0 saturated carbocycles. The van der Waals surface area contributed by atoms with Crippen molar-refractivity contribution in [2.24, 2.45) is 0 Å². The van der Waals surface area contributed by atoms with E-state index in [0.717, 1.165) is 25.9 Å². The molecule has 1 atom stereocenters. The molecule has 90 valence electrons. The Morgan fingerprint density at radius 3 is 2.94 bits per heavy atom. The second-order valence-corrected chi connectivity index (χ2v) is 3.83. The van der Waals surface area contributed by atoms with Gasteiger partial charge < -0.3 is 15.0 Å². The first-order chi connectivity index (χ1) is 7.74. The van der Waals surface area contributed by atoms with Crippen molar-refractivity contribution in [1.29, 1.82) is 0 Å². The van der Waals surface area contributed by atoms with E-state index in [-0.39, 0.29) is 11.7 Å². The summed E-state index contributed by atoms with van der Waals surface area (Å²) in [6.45, 7) is 4.17. The number of nitrogens with zero attached hydrogens (tertiary/aromatic N) is 1. The van der Waals surface area contributed by atoms with Gasteiger partial charge in [-0.05, 0) is 25.5 Å². The van der Waals surface area contributed by atoms with Gasteiger partial charge in [0.1, 0.15) is 0 Å². The van der Waals surface area contributed by atoms with Gasteiger partial charge in [-0.25, -0.2) is 0 Å². The quantitative estimate of drug-likeness (QED) is 0.667. The van der Waals surface area contributed by atoms with Crippen molar-refractivity contribution < 1.29 is 5.11 Å². The molecule has 0 aliphatic heterocycles. The Hall–Kier alpha value is -1.13. The number of rotatable bonds is 7. The second kappa shape index (κ2) is 7.19. The van der Waals surface area contributed by atoms with Crippen LogP contribution in [0.15, 0.2) is 29.2 Å². The third-order valence-electron chi connectivity index (χ3n) is 2.55. The molecule has 1 rings (SSSR count). The first kappa shape index (κ1) is 12.9. The minimum Gasteiger partial charge on any atom is -0.393 e. The number of aliphatic hydroxyl groups excluding tert-OH is 1. The van der Waals surface area contributed by atoms with E-state index in [9.17, 15) is 9.90 Å². The summed E-state index contributed by atoms with van der Waals surface area (Å²) in [7, 11) is 0. The Morgan fingerprint density at radius 1 is 1.44 bits per heavy atom. The molecule has 0 aromatic carbocycles. The Morgan fingerprint density at radius 2 is 2.25 bits per heavy atom. The predicted octanol–water partition coefficient (Wildman–Crippen LogP) is 0.599. The molecule has 0 saturated heterocycles. The Balaban J connectivity index is 2.17. The summed E-state index contributed by atoms with van der Waals surface area (Å²) in [5, 5.41) is 12.5. The number of aromatic nitrogens is 1. The fourth-order valence-corrected chi connectivity index (χ4v) is 1.44. The molecule has 1 aromatic heterocycles. The molecular formula is C12H20N2O2. The van der Waals surface area contributed by atoms with E-state index in [0.29, 0.717) is 6.54 Å². The van der Waals surface area contributed by atoms with E-state index >= 15 is 0 Å². The van der Waals surface area contributed by atoms with Gasteiger partial charge in [-0.2, -0.15) is 0 Å². The van der Waals surface area contributed by atoms with Gasteiger partial charge in [0.25, 0.3) is 5.56 Å². The monoisotopic (exact) mass is 224 g/mol. The summed E-state index contributed by atoms with van der Waals surface area (Å²) < 4.78 is 1.67. The first-order valence-corrected chi connectivity index (χ1v) is 5.78. The standard InChI is InChI=1S/C12H20N2O2/c1-2-11(15)6-7-13-8-10-14-9-4-3-5-12(14)16/h3-5,9,11,13,15H,2,6-8,10H2,1H3. The van der Waals surface area contributed by atoms with Gasteiger partial charge in [-0.1, -0.05) is 13.0 Å². The van der Waals surface area contributed by atoms with E-state index in [2.05, 4.69) is 5.32 Å². The first-order valence-electron chi connectivity index (χ1n) is 5.78. The highest BCUT2D eigenvalue weighted by atomic mass is 16.3. The van der Waals surface area contributed by atoms with Crippen LogP contribution in [0.25, 0.3) is 0 Å².